The second-order valence-electron chi connectivity index (χ2n) is 3.04. The first kappa shape index (κ1) is 11.4. The van der Waals surface area contributed by atoms with Crippen molar-refractivity contribution in [2.45, 2.75) is 52.9 Å². The normalized spacial score (nSPS) is 11.8. The van der Waals surface area contributed by atoms with Crippen molar-refractivity contribution >= 4 is 5.78 Å². The first-order valence-electron chi connectivity index (χ1n) is 4.98. The van der Waals surface area contributed by atoms with Gasteiger partial charge in [-0.3, -0.25) is 4.79 Å². The number of allylic oxidation sites excluding steroid dienone is 2. The minimum atomic E-state index is 0.324. The molecule has 0 heterocycles. The van der Waals surface area contributed by atoms with Gasteiger partial charge in [0.2, 0.25) is 0 Å². The minimum absolute atomic E-state index is 0.324. The zero-order valence-electron chi connectivity index (χ0n) is 8.52. The highest BCUT2D eigenvalue weighted by Gasteiger charge is 2.04. The van der Waals surface area contributed by atoms with Crippen LogP contribution in [0.15, 0.2) is 11.6 Å². The van der Waals surface area contributed by atoms with E-state index in [1.807, 2.05) is 6.92 Å². The molecular formula is C11H20O. The SMILES string of the molecule is CCC/C=C(\CCC)C(=O)CC. The smallest absolute Gasteiger partial charge is 0.158 e. The minimum Gasteiger partial charge on any atom is -0.295 e. The maximum atomic E-state index is 11.3. The number of carbonyl (C=O) groups excluding carboxylic acids is 1. The topological polar surface area (TPSA) is 17.1 Å². The third-order valence-corrected chi connectivity index (χ3v) is 1.88. The monoisotopic (exact) mass is 168 g/mol. The highest BCUT2D eigenvalue weighted by molar-refractivity contribution is 5.94. The van der Waals surface area contributed by atoms with Crippen LogP contribution >= 0.6 is 0 Å². The first-order valence-corrected chi connectivity index (χ1v) is 4.98. The van der Waals surface area contributed by atoms with Crippen molar-refractivity contribution in [3.05, 3.63) is 11.6 Å². The Labute approximate surface area is 75.9 Å². The predicted octanol–water partition coefficient (Wildman–Crippen LogP) is 3.49. The van der Waals surface area contributed by atoms with Crippen LogP contribution in [-0.4, -0.2) is 5.78 Å². The summed E-state index contributed by atoms with van der Waals surface area (Å²) in [4.78, 5) is 11.3. The van der Waals surface area contributed by atoms with Crippen molar-refractivity contribution in [2.75, 3.05) is 0 Å². The molecular weight excluding hydrogens is 148 g/mol. The Morgan fingerprint density at radius 2 is 1.83 bits per heavy atom. The molecule has 70 valence electrons. The van der Waals surface area contributed by atoms with Crippen LogP contribution in [0.25, 0.3) is 0 Å². The molecule has 0 aliphatic carbocycles. The Kier molecular flexibility index (Phi) is 6.73. The van der Waals surface area contributed by atoms with Gasteiger partial charge >= 0.3 is 0 Å². The summed E-state index contributed by atoms with van der Waals surface area (Å²) < 4.78 is 0. The van der Waals surface area contributed by atoms with E-state index < -0.39 is 0 Å². The van der Waals surface area contributed by atoms with Gasteiger partial charge in [-0.05, 0) is 18.4 Å². The van der Waals surface area contributed by atoms with E-state index in [2.05, 4.69) is 19.9 Å². The summed E-state index contributed by atoms with van der Waals surface area (Å²) in [5, 5.41) is 0. The molecule has 0 rings (SSSR count). The molecule has 0 aromatic carbocycles. The standard InChI is InChI=1S/C11H20O/c1-4-7-9-10(8-5-2)11(12)6-3/h9H,4-8H2,1-3H3/b10-9+. The molecule has 12 heavy (non-hydrogen) atoms. The van der Waals surface area contributed by atoms with Crippen LogP contribution in [-0.2, 0) is 4.79 Å². The molecule has 0 fully saturated rings. The number of unbranched alkanes of at least 4 members (excludes halogenated alkanes) is 1. The van der Waals surface area contributed by atoms with Crippen molar-refractivity contribution in [3.63, 3.8) is 0 Å². The van der Waals surface area contributed by atoms with E-state index in [0.717, 1.165) is 31.3 Å². The number of hydrogen-bond acceptors (Lipinski definition) is 1. The van der Waals surface area contributed by atoms with Gasteiger partial charge in [0.05, 0.1) is 0 Å². The maximum absolute atomic E-state index is 11.3. The molecule has 1 heteroatoms. The van der Waals surface area contributed by atoms with Crippen LogP contribution in [0.4, 0.5) is 0 Å². The quantitative estimate of drug-likeness (QED) is 0.555. The summed E-state index contributed by atoms with van der Waals surface area (Å²) in [5.74, 6) is 0.324. The fourth-order valence-corrected chi connectivity index (χ4v) is 1.17. The van der Waals surface area contributed by atoms with E-state index >= 15 is 0 Å². The average Bonchev–Trinajstić information content (AvgIpc) is 2.11. The Balaban J connectivity index is 4.11. The van der Waals surface area contributed by atoms with E-state index in [-0.39, 0.29) is 0 Å². The number of Topliss-reactive ketones (excluding diaryl/α,β-unsaturated/α-hetero) is 1. The van der Waals surface area contributed by atoms with Gasteiger partial charge < -0.3 is 0 Å². The van der Waals surface area contributed by atoms with Crippen molar-refractivity contribution in [3.8, 4) is 0 Å². The molecule has 0 N–H and O–H groups in total. The van der Waals surface area contributed by atoms with Gasteiger partial charge in [0.25, 0.3) is 0 Å². The van der Waals surface area contributed by atoms with Crippen molar-refractivity contribution < 1.29 is 4.79 Å². The van der Waals surface area contributed by atoms with Crippen LogP contribution in [0.2, 0.25) is 0 Å². The Bertz CT molecular complexity index is 156. The van der Waals surface area contributed by atoms with E-state index in [9.17, 15) is 4.79 Å². The molecule has 0 unspecified atom stereocenters. The van der Waals surface area contributed by atoms with Gasteiger partial charge in [0.15, 0.2) is 5.78 Å². The third kappa shape index (κ3) is 4.32. The van der Waals surface area contributed by atoms with Crippen LogP contribution in [0.5, 0.6) is 0 Å². The van der Waals surface area contributed by atoms with E-state index in [0.29, 0.717) is 12.2 Å². The molecule has 0 amide bonds. The molecule has 0 atom stereocenters. The Morgan fingerprint density at radius 3 is 2.25 bits per heavy atom. The fourth-order valence-electron chi connectivity index (χ4n) is 1.17. The lowest BCUT2D eigenvalue weighted by Crippen LogP contribution is -2.00. The molecule has 0 aliphatic heterocycles. The summed E-state index contributed by atoms with van der Waals surface area (Å²) in [6.07, 6.45) is 6.95. The second kappa shape index (κ2) is 7.08. The molecule has 0 aliphatic rings. The van der Waals surface area contributed by atoms with Gasteiger partial charge in [0, 0.05) is 6.42 Å². The van der Waals surface area contributed by atoms with E-state index in [4.69, 9.17) is 0 Å². The van der Waals surface area contributed by atoms with Crippen LogP contribution < -0.4 is 0 Å². The highest BCUT2D eigenvalue weighted by atomic mass is 16.1. The molecule has 0 radical (unpaired) electrons. The summed E-state index contributed by atoms with van der Waals surface area (Å²) in [5.41, 5.74) is 1.04. The van der Waals surface area contributed by atoms with Gasteiger partial charge in [-0.2, -0.15) is 0 Å². The second-order valence-corrected chi connectivity index (χ2v) is 3.04. The summed E-state index contributed by atoms with van der Waals surface area (Å²) in [7, 11) is 0. The lowest BCUT2D eigenvalue weighted by Gasteiger charge is -2.02. The van der Waals surface area contributed by atoms with Crippen LogP contribution in [0.1, 0.15) is 52.9 Å². The van der Waals surface area contributed by atoms with Crippen molar-refractivity contribution in [2.24, 2.45) is 0 Å². The lowest BCUT2D eigenvalue weighted by molar-refractivity contribution is -0.115. The van der Waals surface area contributed by atoms with E-state index in [1.54, 1.807) is 0 Å². The number of rotatable bonds is 6. The molecule has 0 aromatic heterocycles. The summed E-state index contributed by atoms with van der Waals surface area (Å²) in [6, 6.07) is 0. The summed E-state index contributed by atoms with van der Waals surface area (Å²) >= 11 is 0. The van der Waals surface area contributed by atoms with Gasteiger partial charge in [0.1, 0.15) is 0 Å². The molecule has 0 aromatic rings. The maximum Gasteiger partial charge on any atom is 0.158 e. The third-order valence-electron chi connectivity index (χ3n) is 1.88. The van der Waals surface area contributed by atoms with Gasteiger partial charge in [-0.25, -0.2) is 0 Å². The van der Waals surface area contributed by atoms with Crippen LogP contribution in [0.3, 0.4) is 0 Å². The largest absolute Gasteiger partial charge is 0.295 e. The predicted molar refractivity (Wildman–Crippen MR) is 53.2 cm³/mol. The van der Waals surface area contributed by atoms with Gasteiger partial charge in [-0.1, -0.05) is 39.7 Å². The molecule has 0 saturated carbocycles. The van der Waals surface area contributed by atoms with Crippen LogP contribution in [0, 0.1) is 0 Å². The highest BCUT2D eigenvalue weighted by Crippen LogP contribution is 2.10. The molecule has 0 bridgehead atoms. The fraction of sp³-hybridized carbons (Fsp3) is 0.727. The zero-order valence-corrected chi connectivity index (χ0v) is 8.52. The first-order chi connectivity index (χ1) is 5.76. The number of hydrogen-bond donors (Lipinski definition) is 0. The zero-order chi connectivity index (χ0) is 9.40. The number of carbonyl (C=O) groups is 1. The van der Waals surface area contributed by atoms with E-state index in [1.165, 1.54) is 0 Å². The Hall–Kier alpha value is -0.590. The molecule has 0 spiro atoms. The summed E-state index contributed by atoms with van der Waals surface area (Å²) in [6.45, 7) is 6.18. The molecule has 0 saturated heterocycles. The average molecular weight is 168 g/mol. The number of ketones is 1. The lowest BCUT2D eigenvalue weighted by atomic mass is 10.0. The van der Waals surface area contributed by atoms with Crippen molar-refractivity contribution in [1.82, 2.24) is 0 Å². The molecule has 1 nitrogen and oxygen atoms in total. The van der Waals surface area contributed by atoms with Gasteiger partial charge in [-0.15, -0.1) is 0 Å². The Morgan fingerprint density at radius 1 is 1.17 bits per heavy atom. The van der Waals surface area contributed by atoms with Crippen molar-refractivity contribution in [1.29, 1.82) is 0 Å².